The number of nitrogens with one attached hydrogen (secondary N) is 1. The lowest BCUT2D eigenvalue weighted by atomic mass is 9.88. The van der Waals surface area contributed by atoms with Crippen molar-refractivity contribution in [1.82, 2.24) is 0 Å². The Morgan fingerprint density at radius 3 is 3.05 bits per heavy atom. The van der Waals surface area contributed by atoms with E-state index in [0.717, 1.165) is 29.3 Å². The van der Waals surface area contributed by atoms with Crippen LogP contribution in [-0.2, 0) is 12.8 Å². The van der Waals surface area contributed by atoms with Gasteiger partial charge in [-0.3, -0.25) is 4.79 Å². The first-order valence-electron chi connectivity index (χ1n) is 7.20. The first-order valence-corrected chi connectivity index (χ1v) is 8.81. The number of nitriles is 1. The van der Waals surface area contributed by atoms with Crippen molar-refractivity contribution in [2.45, 2.75) is 26.2 Å². The van der Waals surface area contributed by atoms with E-state index in [1.165, 1.54) is 4.88 Å². The zero-order chi connectivity index (χ0) is 15.7. The molecule has 5 heteroatoms. The molecular formula is C17H15BrN2OS. The largest absolute Gasteiger partial charge is 0.312 e. The van der Waals surface area contributed by atoms with E-state index >= 15 is 0 Å². The van der Waals surface area contributed by atoms with Crippen molar-refractivity contribution in [3.63, 3.8) is 0 Å². The summed E-state index contributed by atoms with van der Waals surface area (Å²) in [6, 6.07) is 9.52. The lowest BCUT2D eigenvalue weighted by molar-refractivity contribution is 0.102. The van der Waals surface area contributed by atoms with E-state index in [-0.39, 0.29) is 5.91 Å². The maximum atomic E-state index is 12.4. The van der Waals surface area contributed by atoms with Crippen LogP contribution in [0.3, 0.4) is 0 Å². The summed E-state index contributed by atoms with van der Waals surface area (Å²) in [5.41, 5.74) is 2.36. The highest BCUT2D eigenvalue weighted by Gasteiger charge is 2.24. The summed E-state index contributed by atoms with van der Waals surface area (Å²) in [6.07, 6.45) is 3.08. The van der Waals surface area contributed by atoms with E-state index < -0.39 is 0 Å². The predicted octanol–water partition coefficient (Wildman–Crippen LogP) is 4.76. The summed E-state index contributed by atoms with van der Waals surface area (Å²) in [5.74, 6) is 0.423. The number of hydrogen-bond acceptors (Lipinski definition) is 3. The van der Waals surface area contributed by atoms with Crippen LogP contribution in [0.25, 0.3) is 0 Å². The van der Waals surface area contributed by atoms with Crippen LogP contribution in [0.5, 0.6) is 0 Å². The Morgan fingerprint density at radius 1 is 1.50 bits per heavy atom. The second-order valence-corrected chi connectivity index (χ2v) is 7.65. The maximum absolute atomic E-state index is 12.4. The minimum absolute atomic E-state index is 0.176. The molecule has 0 radical (unpaired) electrons. The van der Waals surface area contributed by atoms with Gasteiger partial charge in [0.15, 0.2) is 0 Å². The molecule has 1 aromatic heterocycles. The molecule has 2 aromatic rings. The van der Waals surface area contributed by atoms with Gasteiger partial charge in [0.25, 0.3) is 5.91 Å². The zero-order valence-electron chi connectivity index (χ0n) is 12.1. The molecule has 1 heterocycles. The smallest absolute Gasteiger partial charge is 0.256 e. The fraction of sp³-hybridized carbons (Fsp3) is 0.294. The first-order chi connectivity index (χ1) is 10.6. The number of nitrogens with zero attached hydrogens (tertiary/aromatic N) is 1. The Bertz CT molecular complexity index is 775. The van der Waals surface area contributed by atoms with Crippen molar-refractivity contribution < 1.29 is 4.79 Å². The standard InChI is InChI=1S/C17H15BrN2OS/c1-10-5-6-15-13(7-10)14(9-19)17(22-15)20-16(21)11-3-2-4-12(18)8-11/h2-4,8,10H,5-7H2,1H3,(H,20,21)/t10-/m1/s1. The molecule has 1 atom stereocenters. The van der Waals surface area contributed by atoms with Gasteiger partial charge in [-0.25, -0.2) is 0 Å². The molecule has 0 saturated heterocycles. The number of benzene rings is 1. The van der Waals surface area contributed by atoms with E-state index in [1.807, 2.05) is 12.1 Å². The number of amides is 1. The van der Waals surface area contributed by atoms with Crippen molar-refractivity contribution >= 4 is 38.2 Å². The molecule has 3 rings (SSSR count). The predicted molar refractivity (Wildman–Crippen MR) is 92.3 cm³/mol. The van der Waals surface area contributed by atoms with Crippen molar-refractivity contribution in [2.75, 3.05) is 5.32 Å². The molecule has 0 unspecified atom stereocenters. The highest BCUT2D eigenvalue weighted by atomic mass is 79.9. The molecule has 0 spiro atoms. The van der Waals surface area contributed by atoms with Gasteiger partial charge in [-0.15, -0.1) is 11.3 Å². The molecule has 0 saturated carbocycles. The molecule has 1 N–H and O–H groups in total. The van der Waals surface area contributed by atoms with E-state index in [4.69, 9.17) is 0 Å². The van der Waals surface area contributed by atoms with E-state index in [2.05, 4.69) is 34.2 Å². The first kappa shape index (κ1) is 15.3. The number of halogens is 1. The van der Waals surface area contributed by atoms with Crippen LogP contribution in [0.1, 0.15) is 39.7 Å². The van der Waals surface area contributed by atoms with Gasteiger partial charge < -0.3 is 5.32 Å². The van der Waals surface area contributed by atoms with E-state index in [1.54, 1.807) is 23.5 Å². The van der Waals surface area contributed by atoms with Crippen molar-refractivity contribution in [1.29, 1.82) is 5.26 Å². The fourth-order valence-corrected chi connectivity index (χ4v) is 4.36. The average Bonchev–Trinajstić information content (AvgIpc) is 2.83. The average molecular weight is 375 g/mol. The van der Waals surface area contributed by atoms with Gasteiger partial charge >= 0.3 is 0 Å². The molecule has 0 fully saturated rings. The van der Waals surface area contributed by atoms with Crippen LogP contribution in [-0.4, -0.2) is 5.91 Å². The van der Waals surface area contributed by atoms with Crippen molar-refractivity contribution in [3.8, 4) is 6.07 Å². The molecule has 1 amide bonds. The van der Waals surface area contributed by atoms with Crippen molar-refractivity contribution in [2.24, 2.45) is 5.92 Å². The number of carbonyl (C=O) groups excluding carboxylic acids is 1. The minimum atomic E-state index is -0.176. The lowest BCUT2D eigenvalue weighted by Crippen LogP contribution is -2.12. The monoisotopic (exact) mass is 374 g/mol. The SMILES string of the molecule is C[C@@H]1CCc2sc(NC(=O)c3cccc(Br)c3)c(C#N)c2C1. The third kappa shape index (κ3) is 2.94. The normalized spacial score (nSPS) is 16.7. The Hall–Kier alpha value is -1.64. The number of thiophene rings is 1. The molecule has 1 aliphatic carbocycles. The number of hydrogen-bond donors (Lipinski definition) is 1. The number of rotatable bonds is 2. The number of anilines is 1. The maximum Gasteiger partial charge on any atom is 0.256 e. The Morgan fingerprint density at radius 2 is 2.32 bits per heavy atom. The second kappa shape index (κ2) is 6.23. The van der Waals surface area contributed by atoms with Crippen molar-refractivity contribution in [3.05, 3.63) is 50.3 Å². The van der Waals surface area contributed by atoms with Gasteiger partial charge in [-0.05, 0) is 48.9 Å². The Balaban J connectivity index is 1.90. The van der Waals surface area contributed by atoms with Gasteiger partial charge in [0.05, 0.1) is 5.56 Å². The molecule has 0 bridgehead atoms. The summed E-state index contributed by atoms with van der Waals surface area (Å²) >= 11 is 4.92. The Kier molecular flexibility index (Phi) is 4.32. The summed E-state index contributed by atoms with van der Waals surface area (Å²) in [7, 11) is 0. The summed E-state index contributed by atoms with van der Waals surface area (Å²) in [6.45, 7) is 2.21. The summed E-state index contributed by atoms with van der Waals surface area (Å²) < 4.78 is 0.861. The number of carbonyl (C=O) groups is 1. The summed E-state index contributed by atoms with van der Waals surface area (Å²) in [5, 5.41) is 13.1. The molecule has 3 nitrogen and oxygen atoms in total. The van der Waals surface area contributed by atoms with E-state index in [0.29, 0.717) is 22.0 Å². The van der Waals surface area contributed by atoms with E-state index in [9.17, 15) is 10.1 Å². The lowest BCUT2D eigenvalue weighted by Gasteiger charge is -2.17. The van der Waals surface area contributed by atoms with Gasteiger partial charge in [-0.2, -0.15) is 5.26 Å². The van der Waals surface area contributed by atoms with Gasteiger partial charge in [0, 0.05) is 14.9 Å². The highest BCUT2D eigenvalue weighted by molar-refractivity contribution is 9.10. The molecule has 1 aliphatic rings. The van der Waals surface area contributed by atoms with Crippen LogP contribution < -0.4 is 5.32 Å². The minimum Gasteiger partial charge on any atom is -0.312 e. The molecular weight excluding hydrogens is 360 g/mol. The van der Waals surface area contributed by atoms with Crippen LogP contribution in [0, 0.1) is 17.2 Å². The van der Waals surface area contributed by atoms with Gasteiger partial charge in [0.2, 0.25) is 0 Å². The Labute approximate surface area is 142 Å². The van der Waals surface area contributed by atoms with Crippen LogP contribution in [0.15, 0.2) is 28.7 Å². The highest BCUT2D eigenvalue weighted by Crippen LogP contribution is 2.39. The molecule has 0 aliphatic heterocycles. The van der Waals surface area contributed by atoms with Crippen LogP contribution >= 0.6 is 27.3 Å². The number of aryl methyl sites for hydroxylation is 1. The number of fused-ring (bicyclic) bond motifs is 1. The quantitative estimate of drug-likeness (QED) is 0.823. The molecule has 1 aromatic carbocycles. The molecule has 112 valence electrons. The van der Waals surface area contributed by atoms with Gasteiger partial charge in [0.1, 0.15) is 11.1 Å². The second-order valence-electron chi connectivity index (χ2n) is 5.63. The van der Waals surface area contributed by atoms with Gasteiger partial charge in [-0.1, -0.05) is 28.9 Å². The topological polar surface area (TPSA) is 52.9 Å². The third-order valence-electron chi connectivity index (χ3n) is 3.93. The fourth-order valence-electron chi connectivity index (χ4n) is 2.77. The third-order valence-corrected chi connectivity index (χ3v) is 5.63. The van der Waals surface area contributed by atoms with Crippen LogP contribution in [0.4, 0.5) is 5.00 Å². The molecule has 22 heavy (non-hydrogen) atoms. The summed E-state index contributed by atoms with van der Waals surface area (Å²) in [4.78, 5) is 13.6. The van der Waals surface area contributed by atoms with Crippen LogP contribution in [0.2, 0.25) is 0 Å². The zero-order valence-corrected chi connectivity index (χ0v) is 14.6.